The molecule has 0 aromatic carbocycles. The summed E-state index contributed by atoms with van der Waals surface area (Å²) in [7, 11) is 0. The highest BCUT2D eigenvalue weighted by Gasteiger charge is 2.34. The largest absolute Gasteiger partial charge is 0.477 e. The predicted molar refractivity (Wildman–Crippen MR) is 83.7 cm³/mol. The van der Waals surface area contributed by atoms with Crippen LogP contribution in [0.25, 0.3) is 0 Å². The molecule has 0 bridgehead atoms. The fraction of sp³-hybridized carbons (Fsp3) is 0.667. The number of hydrogen-bond donors (Lipinski definition) is 0. The van der Waals surface area contributed by atoms with Gasteiger partial charge in [0.25, 0.3) is 0 Å². The van der Waals surface area contributed by atoms with E-state index in [2.05, 4.69) is 11.1 Å². The number of nitrogens with zero attached hydrogens (tertiary/aromatic N) is 2. The molecule has 4 nitrogen and oxygen atoms in total. The maximum absolute atomic E-state index is 9.57. The van der Waals surface area contributed by atoms with Crippen molar-refractivity contribution in [1.82, 2.24) is 4.98 Å². The third-order valence-electron chi connectivity index (χ3n) is 5.04. The Bertz CT molecular complexity index is 509. The summed E-state index contributed by atoms with van der Waals surface area (Å²) in [5, 5.41) is 9.57. The summed E-state index contributed by atoms with van der Waals surface area (Å²) in [4.78, 5) is 4.42. The Labute approximate surface area is 132 Å². The van der Waals surface area contributed by atoms with Crippen LogP contribution in [0.15, 0.2) is 18.3 Å². The fourth-order valence-corrected chi connectivity index (χ4v) is 3.49. The molecule has 1 saturated heterocycles. The van der Waals surface area contributed by atoms with E-state index >= 15 is 0 Å². The summed E-state index contributed by atoms with van der Waals surface area (Å²) < 4.78 is 11.2. The molecule has 3 rings (SSSR count). The van der Waals surface area contributed by atoms with E-state index in [0.717, 1.165) is 25.0 Å². The molecule has 118 valence electrons. The lowest BCUT2D eigenvalue weighted by molar-refractivity contribution is 0.0674. The average molecular weight is 300 g/mol. The summed E-state index contributed by atoms with van der Waals surface area (Å²) in [6, 6.07) is 6.38. The molecular formula is C18H24N2O2. The van der Waals surface area contributed by atoms with Crippen molar-refractivity contribution in [1.29, 1.82) is 5.26 Å². The van der Waals surface area contributed by atoms with Gasteiger partial charge in [0.05, 0.1) is 18.1 Å². The molecule has 1 saturated carbocycles. The molecule has 1 aromatic rings. The number of aromatic nitrogens is 1. The number of rotatable bonds is 4. The highest BCUT2D eigenvalue weighted by molar-refractivity contribution is 5.32. The molecule has 2 heterocycles. The lowest BCUT2D eigenvalue weighted by atomic mass is 9.76. The highest BCUT2D eigenvalue weighted by atomic mass is 16.5. The molecule has 1 aliphatic heterocycles. The van der Waals surface area contributed by atoms with Gasteiger partial charge in [-0.2, -0.15) is 5.26 Å². The summed E-state index contributed by atoms with van der Waals surface area (Å²) >= 11 is 0. The smallest absolute Gasteiger partial charge is 0.213 e. The van der Waals surface area contributed by atoms with Gasteiger partial charge in [0, 0.05) is 25.5 Å². The van der Waals surface area contributed by atoms with Gasteiger partial charge in [-0.15, -0.1) is 0 Å². The van der Waals surface area contributed by atoms with E-state index in [1.807, 2.05) is 18.3 Å². The first kappa shape index (κ1) is 15.3. The van der Waals surface area contributed by atoms with Gasteiger partial charge in [-0.25, -0.2) is 4.98 Å². The number of nitriles is 1. The van der Waals surface area contributed by atoms with E-state index in [0.29, 0.717) is 25.0 Å². The number of hydrogen-bond acceptors (Lipinski definition) is 4. The van der Waals surface area contributed by atoms with Gasteiger partial charge in [0.1, 0.15) is 0 Å². The van der Waals surface area contributed by atoms with Crippen LogP contribution in [0, 0.1) is 17.2 Å². The quantitative estimate of drug-likeness (QED) is 0.852. The molecule has 2 fully saturated rings. The van der Waals surface area contributed by atoms with E-state index < -0.39 is 5.41 Å². The Morgan fingerprint density at radius 2 is 2.00 bits per heavy atom. The zero-order valence-electron chi connectivity index (χ0n) is 13.1. The maximum Gasteiger partial charge on any atom is 0.213 e. The monoisotopic (exact) mass is 300 g/mol. The van der Waals surface area contributed by atoms with Crippen molar-refractivity contribution in [2.24, 2.45) is 5.92 Å². The van der Waals surface area contributed by atoms with Crippen LogP contribution in [0.1, 0.15) is 50.5 Å². The first-order valence-electron chi connectivity index (χ1n) is 8.41. The average Bonchev–Trinajstić information content (AvgIpc) is 2.62. The number of ether oxygens (including phenoxy) is 2. The van der Waals surface area contributed by atoms with Gasteiger partial charge in [0.2, 0.25) is 5.88 Å². The lowest BCUT2D eigenvalue weighted by Gasteiger charge is -2.30. The third kappa shape index (κ3) is 3.41. The Morgan fingerprint density at radius 1 is 1.23 bits per heavy atom. The summed E-state index contributed by atoms with van der Waals surface area (Å²) in [6.07, 6.45) is 9.86. The van der Waals surface area contributed by atoms with E-state index in [4.69, 9.17) is 9.47 Å². The topological polar surface area (TPSA) is 55.1 Å². The minimum Gasteiger partial charge on any atom is -0.477 e. The zero-order chi connectivity index (χ0) is 15.3. The van der Waals surface area contributed by atoms with Crippen LogP contribution < -0.4 is 4.74 Å². The van der Waals surface area contributed by atoms with Crippen LogP contribution in [-0.4, -0.2) is 24.8 Å². The van der Waals surface area contributed by atoms with Crippen molar-refractivity contribution >= 4 is 0 Å². The fourth-order valence-electron chi connectivity index (χ4n) is 3.49. The molecule has 0 N–H and O–H groups in total. The van der Waals surface area contributed by atoms with Crippen molar-refractivity contribution in [3.8, 4) is 11.9 Å². The third-order valence-corrected chi connectivity index (χ3v) is 5.04. The van der Waals surface area contributed by atoms with Gasteiger partial charge in [-0.1, -0.05) is 25.3 Å². The van der Waals surface area contributed by atoms with Gasteiger partial charge >= 0.3 is 0 Å². The molecule has 0 unspecified atom stereocenters. The van der Waals surface area contributed by atoms with Crippen molar-refractivity contribution in [2.45, 2.75) is 50.4 Å². The molecule has 0 atom stereocenters. The van der Waals surface area contributed by atoms with Gasteiger partial charge in [-0.05, 0) is 37.2 Å². The summed E-state index contributed by atoms with van der Waals surface area (Å²) in [6.45, 7) is 2.06. The Hall–Kier alpha value is -1.60. The number of pyridine rings is 1. The molecule has 2 aliphatic rings. The summed E-state index contributed by atoms with van der Waals surface area (Å²) in [5.74, 6) is 1.35. The van der Waals surface area contributed by atoms with Gasteiger partial charge in [0.15, 0.2) is 0 Å². The second-order valence-corrected chi connectivity index (χ2v) is 6.51. The maximum atomic E-state index is 9.57. The first-order valence-corrected chi connectivity index (χ1v) is 8.41. The van der Waals surface area contributed by atoms with Crippen molar-refractivity contribution in [3.63, 3.8) is 0 Å². The Balaban J connectivity index is 1.61. The molecule has 0 radical (unpaired) electrons. The standard InChI is InChI=1S/C18H24N2O2/c19-14-18(8-10-21-11-9-18)16-6-7-17(20-12-16)22-13-15-4-2-1-3-5-15/h6-7,12,15H,1-5,8-11,13H2. The molecule has 1 aromatic heterocycles. The Morgan fingerprint density at radius 3 is 2.64 bits per heavy atom. The van der Waals surface area contributed by atoms with Crippen LogP contribution in [0.5, 0.6) is 5.88 Å². The highest BCUT2D eigenvalue weighted by Crippen LogP contribution is 2.34. The second kappa shape index (κ2) is 7.11. The molecule has 1 aliphatic carbocycles. The first-order chi connectivity index (χ1) is 10.8. The van der Waals surface area contributed by atoms with Gasteiger partial charge < -0.3 is 9.47 Å². The van der Waals surface area contributed by atoms with Crippen molar-refractivity contribution in [3.05, 3.63) is 23.9 Å². The zero-order valence-corrected chi connectivity index (χ0v) is 13.1. The second-order valence-electron chi connectivity index (χ2n) is 6.51. The molecule has 22 heavy (non-hydrogen) atoms. The molecule has 0 spiro atoms. The van der Waals surface area contributed by atoms with E-state index in [1.54, 1.807) is 0 Å². The van der Waals surface area contributed by atoms with Gasteiger partial charge in [-0.3, -0.25) is 0 Å². The van der Waals surface area contributed by atoms with Crippen molar-refractivity contribution in [2.75, 3.05) is 19.8 Å². The van der Waals surface area contributed by atoms with Crippen molar-refractivity contribution < 1.29 is 9.47 Å². The van der Waals surface area contributed by atoms with Crippen LogP contribution in [0.4, 0.5) is 0 Å². The predicted octanol–water partition coefficient (Wildman–Crippen LogP) is 3.61. The van der Waals surface area contributed by atoms with Crippen LogP contribution in [-0.2, 0) is 10.2 Å². The Kier molecular flexibility index (Phi) is 4.94. The molecule has 0 amide bonds. The van der Waals surface area contributed by atoms with Crippen LogP contribution in [0.2, 0.25) is 0 Å². The minimum absolute atomic E-state index is 0.437. The van der Waals surface area contributed by atoms with E-state index in [9.17, 15) is 5.26 Å². The molecular weight excluding hydrogens is 276 g/mol. The van der Waals surface area contributed by atoms with Crippen LogP contribution >= 0.6 is 0 Å². The molecule has 4 heteroatoms. The normalized spacial score (nSPS) is 22.0. The SMILES string of the molecule is N#CC1(c2ccc(OCC3CCCCC3)nc2)CCOCC1. The minimum atomic E-state index is -0.437. The van der Waals surface area contributed by atoms with E-state index in [1.165, 1.54) is 32.1 Å². The van der Waals surface area contributed by atoms with E-state index in [-0.39, 0.29) is 0 Å². The summed E-state index contributed by atoms with van der Waals surface area (Å²) in [5.41, 5.74) is 0.552. The van der Waals surface area contributed by atoms with Crippen LogP contribution in [0.3, 0.4) is 0 Å². The lowest BCUT2D eigenvalue weighted by Crippen LogP contribution is -2.32.